The summed E-state index contributed by atoms with van der Waals surface area (Å²) in [6.45, 7) is 4.05. The van der Waals surface area contributed by atoms with Gasteiger partial charge in [-0.25, -0.2) is 0 Å². The Morgan fingerprint density at radius 3 is 2.37 bits per heavy atom. The molecule has 0 saturated heterocycles. The lowest BCUT2D eigenvalue weighted by Crippen LogP contribution is -2.45. The number of ether oxygens (including phenoxy) is 1. The minimum atomic E-state index is -5.17. The minimum Gasteiger partial charge on any atom is -0.489 e. The van der Waals surface area contributed by atoms with Gasteiger partial charge in [0.25, 0.3) is 0 Å². The lowest BCUT2D eigenvalue weighted by atomic mass is 9.73. The zero-order valence-electron chi connectivity index (χ0n) is 21.0. The van der Waals surface area contributed by atoms with Crippen LogP contribution in [0.1, 0.15) is 43.9 Å². The molecule has 3 aromatic carbocycles. The molecule has 38 heavy (non-hydrogen) atoms. The van der Waals surface area contributed by atoms with Crippen molar-refractivity contribution in [2.75, 3.05) is 10.2 Å². The summed E-state index contributed by atoms with van der Waals surface area (Å²) in [5, 5.41) is 3.22. The number of anilines is 2. The standard InChI is InChI=1S/C30H27F3N2O3/c1-29(2)16-22-26(24(36)17-29)27(20-12-6-9-15-25(20)38-18-19-10-4-3-5-11-19)35(28(37)30(31,32)33)23-14-8-7-13-21(23)34-22/h3-15,27,34H,16-18H2,1-2H3. The molecule has 3 aromatic rings. The number of rotatable bonds is 4. The van der Waals surface area contributed by atoms with Crippen molar-refractivity contribution in [2.45, 2.75) is 45.5 Å². The molecule has 1 aliphatic carbocycles. The summed E-state index contributed by atoms with van der Waals surface area (Å²) < 4.78 is 48.5. The third-order valence-electron chi connectivity index (χ3n) is 6.81. The number of halogens is 3. The molecule has 0 fully saturated rings. The first-order valence-electron chi connectivity index (χ1n) is 12.3. The van der Waals surface area contributed by atoms with Crippen molar-refractivity contribution in [3.8, 4) is 5.75 Å². The van der Waals surface area contributed by atoms with E-state index in [1.807, 2.05) is 44.2 Å². The van der Waals surface area contributed by atoms with E-state index in [9.17, 15) is 22.8 Å². The second-order valence-corrected chi connectivity index (χ2v) is 10.4. The molecular formula is C30H27F3N2O3. The SMILES string of the molecule is CC1(C)CC(=O)C2=C(C1)Nc1ccccc1N(C(=O)C(F)(F)F)C2c1ccccc1OCc1ccccc1. The van der Waals surface area contributed by atoms with Gasteiger partial charge in [-0.2, -0.15) is 13.2 Å². The summed E-state index contributed by atoms with van der Waals surface area (Å²) in [7, 11) is 0. The van der Waals surface area contributed by atoms with Gasteiger partial charge in [-0.1, -0.05) is 74.5 Å². The lowest BCUT2D eigenvalue weighted by Gasteiger charge is -2.37. The molecule has 1 unspecified atom stereocenters. The van der Waals surface area contributed by atoms with Gasteiger partial charge < -0.3 is 10.1 Å². The van der Waals surface area contributed by atoms with Crippen molar-refractivity contribution in [2.24, 2.45) is 5.41 Å². The number of amides is 1. The van der Waals surface area contributed by atoms with Gasteiger partial charge in [0.1, 0.15) is 12.4 Å². The van der Waals surface area contributed by atoms with E-state index in [1.54, 1.807) is 42.5 Å². The molecule has 1 N–H and O–H groups in total. The first kappa shape index (κ1) is 25.6. The van der Waals surface area contributed by atoms with Gasteiger partial charge in [0.15, 0.2) is 5.78 Å². The third-order valence-corrected chi connectivity index (χ3v) is 6.81. The molecule has 2 aliphatic rings. The number of ketones is 1. The first-order chi connectivity index (χ1) is 18.0. The largest absolute Gasteiger partial charge is 0.489 e. The number of fused-ring (bicyclic) bond motifs is 1. The first-order valence-corrected chi connectivity index (χ1v) is 12.3. The number of hydrogen-bond donors (Lipinski definition) is 1. The molecule has 8 heteroatoms. The van der Waals surface area contributed by atoms with Crippen molar-refractivity contribution in [1.82, 2.24) is 0 Å². The highest BCUT2D eigenvalue weighted by Crippen LogP contribution is 2.50. The molecule has 1 heterocycles. The zero-order chi connectivity index (χ0) is 27.1. The monoisotopic (exact) mass is 520 g/mol. The lowest BCUT2D eigenvalue weighted by molar-refractivity contribution is -0.170. The topological polar surface area (TPSA) is 58.6 Å². The van der Waals surface area contributed by atoms with Crippen molar-refractivity contribution in [3.63, 3.8) is 0 Å². The van der Waals surface area contributed by atoms with E-state index < -0.39 is 23.5 Å². The molecule has 196 valence electrons. The van der Waals surface area contributed by atoms with Crippen LogP contribution in [0.4, 0.5) is 24.5 Å². The number of nitrogens with zero attached hydrogens (tertiary/aromatic N) is 1. The van der Waals surface area contributed by atoms with Crippen LogP contribution in [0.3, 0.4) is 0 Å². The summed E-state index contributed by atoms with van der Waals surface area (Å²) in [5.41, 5.74) is 1.79. The molecule has 1 aliphatic heterocycles. The molecule has 0 aromatic heterocycles. The third kappa shape index (κ3) is 4.90. The Balaban J connectivity index is 1.73. The Kier molecular flexibility index (Phi) is 6.51. The van der Waals surface area contributed by atoms with Gasteiger partial charge in [0, 0.05) is 23.3 Å². The second-order valence-electron chi connectivity index (χ2n) is 10.4. The fraction of sp³-hybridized carbons (Fsp3) is 0.267. The van der Waals surface area contributed by atoms with E-state index in [2.05, 4.69) is 5.32 Å². The van der Waals surface area contributed by atoms with Crippen molar-refractivity contribution in [3.05, 3.63) is 101 Å². The predicted octanol–water partition coefficient (Wildman–Crippen LogP) is 6.97. The highest BCUT2D eigenvalue weighted by atomic mass is 19.4. The van der Waals surface area contributed by atoms with Crippen LogP contribution >= 0.6 is 0 Å². The fourth-order valence-electron chi connectivity index (χ4n) is 5.21. The number of benzene rings is 3. The van der Waals surface area contributed by atoms with E-state index >= 15 is 0 Å². The van der Waals surface area contributed by atoms with E-state index in [0.717, 1.165) is 5.56 Å². The summed E-state index contributed by atoms with van der Waals surface area (Å²) >= 11 is 0. The summed E-state index contributed by atoms with van der Waals surface area (Å²) in [6.07, 6.45) is -4.60. The highest BCUT2D eigenvalue weighted by molar-refractivity contribution is 6.07. The van der Waals surface area contributed by atoms with E-state index in [-0.39, 0.29) is 30.1 Å². The van der Waals surface area contributed by atoms with E-state index in [1.165, 1.54) is 6.07 Å². The van der Waals surface area contributed by atoms with Crippen LogP contribution < -0.4 is 15.0 Å². The number of allylic oxidation sites excluding steroid dienone is 1. The van der Waals surface area contributed by atoms with Gasteiger partial charge in [-0.3, -0.25) is 14.5 Å². The fourth-order valence-corrected chi connectivity index (χ4v) is 5.21. The van der Waals surface area contributed by atoms with Crippen molar-refractivity contribution >= 4 is 23.1 Å². The smallest absolute Gasteiger partial charge is 0.471 e. The van der Waals surface area contributed by atoms with Crippen molar-refractivity contribution in [1.29, 1.82) is 0 Å². The van der Waals surface area contributed by atoms with Gasteiger partial charge in [-0.05, 0) is 35.6 Å². The number of nitrogens with one attached hydrogen (secondary N) is 1. The van der Waals surface area contributed by atoms with E-state index in [0.29, 0.717) is 34.0 Å². The summed E-state index contributed by atoms with van der Waals surface area (Å²) in [6, 6.07) is 21.0. The maximum atomic E-state index is 14.1. The normalized spacial score (nSPS) is 18.7. The summed E-state index contributed by atoms with van der Waals surface area (Å²) in [4.78, 5) is 27.5. The second kappa shape index (κ2) is 9.67. The highest BCUT2D eigenvalue weighted by Gasteiger charge is 2.51. The van der Waals surface area contributed by atoms with Gasteiger partial charge in [0.2, 0.25) is 0 Å². The van der Waals surface area contributed by atoms with Crippen LogP contribution in [-0.2, 0) is 16.2 Å². The number of Topliss-reactive ketones (excluding diaryl/α,β-unsaturated/α-hetero) is 1. The molecule has 1 atom stereocenters. The number of hydrogen-bond acceptors (Lipinski definition) is 4. The van der Waals surface area contributed by atoms with Gasteiger partial charge in [0.05, 0.1) is 17.4 Å². The van der Waals surface area contributed by atoms with Crippen LogP contribution in [-0.4, -0.2) is 17.9 Å². The molecule has 1 amide bonds. The maximum absolute atomic E-state index is 14.1. The Hall–Kier alpha value is -4.07. The van der Waals surface area contributed by atoms with Gasteiger partial charge in [-0.15, -0.1) is 0 Å². The predicted molar refractivity (Wildman–Crippen MR) is 139 cm³/mol. The Morgan fingerprint density at radius 2 is 1.63 bits per heavy atom. The number of carbonyl (C=O) groups excluding carboxylic acids is 2. The average Bonchev–Trinajstić information content (AvgIpc) is 3.00. The molecule has 5 nitrogen and oxygen atoms in total. The number of alkyl halides is 3. The molecule has 0 radical (unpaired) electrons. The molecular weight excluding hydrogens is 493 g/mol. The van der Waals surface area contributed by atoms with Crippen LogP contribution in [0, 0.1) is 5.41 Å². The van der Waals surface area contributed by atoms with Crippen molar-refractivity contribution < 1.29 is 27.5 Å². The molecule has 0 bridgehead atoms. The Morgan fingerprint density at radius 1 is 0.974 bits per heavy atom. The zero-order valence-corrected chi connectivity index (χ0v) is 21.0. The maximum Gasteiger partial charge on any atom is 0.471 e. The van der Waals surface area contributed by atoms with Crippen LogP contribution in [0.5, 0.6) is 5.75 Å². The number of carbonyl (C=O) groups is 2. The molecule has 0 spiro atoms. The molecule has 0 saturated carbocycles. The Bertz CT molecular complexity index is 1410. The van der Waals surface area contributed by atoms with Crippen LogP contribution in [0.15, 0.2) is 90.1 Å². The quantitative estimate of drug-likeness (QED) is 0.404. The number of para-hydroxylation sites is 3. The minimum absolute atomic E-state index is 0.0395. The van der Waals surface area contributed by atoms with E-state index in [4.69, 9.17) is 4.74 Å². The van der Waals surface area contributed by atoms with Crippen LogP contribution in [0.25, 0.3) is 0 Å². The van der Waals surface area contributed by atoms with Crippen LogP contribution in [0.2, 0.25) is 0 Å². The molecule has 5 rings (SSSR count). The Labute approximate surface area is 218 Å². The average molecular weight is 521 g/mol. The van der Waals surface area contributed by atoms with Gasteiger partial charge >= 0.3 is 12.1 Å². The summed E-state index contributed by atoms with van der Waals surface area (Å²) in [5.74, 6) is -2.06.